The lowest BCUT2D eigenvalue weighted by atomic mass is 9.84. The van der Waals surface area contributed by atoms with Crippen LogP contribution in [0.15, 0.2) is 24.8 Å². The molecule has 1 nitrogen and oxygen atoms in total. The molecule has 0 amide bonds. The van der Waals surface area contributed by atoms with Gasteiger partial charge in [0.1, 0.15) is 0 Å². The zero-order valence-electron chi connectivity index (χ0n) is 7.63. The Hall–Kier alpha value is -0.560. The van der Waals surface area contributed by atoms with Gasteiger partial charge in [-0.15, -0.1) is 6.58 Å². The maximum Gasteiger partial charge on any atom is 0.0827 e. The van der Waals surface area contributed by atoms with Gasteiger partial charge < -0.3 is 5.11 Å². The summed E-state index contributed by atoms with van der Waals surface area (Å²) in [4.78, 5) is 0. The predicted molar refractivity (Wildman–Crippen MR) is 52.0 cm³/mol. The van der Waals surface area contributed by atoms with Crippen LogP contribution in [-0.2, 0) is 0 Å². The van der Waals surface area contributed by atoms with Crippen molar-refractivity contribution >= 4 is 0 Å². The lowest BCUT2D eigenvalue weighted by Crippen LogP contribution is -2.28. The van der Waals surface area contributed by atoms with Crippen LogP contribution in [0.5, 0.6) is 0 Å². The summed E-state index contributed by atoms with van der Waals surface area (Å²) in [5.41, 5.74) is -0.499. The molecule has 0 aliphatic heterocycles. The van der Waals surface area contributed by atoms with Crippen molar-refractivity contribution in [3.8, 4) is 0 Å². The van der Waals surface area contributed by atoms with E-state index in [0.29, 0.717) is 0 Å². The van der Waals surface area contributed by atoms with Crippen LogP contribution in [0.2, 0.25) is 0 Å². The maximum atomic E-state index is 9.98. The van der Waals surface area contributed by atoms with Crippen LogP contribution < -0.4 is 0 Å². The highest BCUT2D eigenvalue weighted by molar-refractivity contribution is 5.03. The molecule has 0 aromatic rings. The molecule has 1 heteroatoms. The van der Waals surface area contributed by atoms with Crippen molar-refractivity contribution in [3.63, 3.8) is 0 Å². The minimum Gasteiger partial charge on any atom is -0.386 e. The molecule has 1 N–H and O–H groups in total. The molecule has 0 radical (unpaired) electrons. The van der Waals surface area contributed by atoms with E-state index in [1.165, 1.54) is 6.42 Å². The second-order valence-electron chi connectivity index (χ2n) is 3.59. The third kappa shape index (κ3) is 2.82. The molecule has 1 saturated carbocycles. The molecule has 0 spiro atoms. The fourth-order valence-corrected chi connectivity index (χ4v) is 1.71. The second-order valence-corrected chi connectivity index (χ2v) is 3.59. The Morgan fingerprint density at radius 3 is 2.50 bits per heavy atom. The summed E-state index contributed by atoms with van der Waals surface area (Å²) in [5, 5.41) is 9.98. The number of allylic oxidation sites excluding steroid dienone is 2. The van der Waals surface area contributed by atoms with Gasteiger partial charge in [0.15, 0.2) is 0 Å². The van der Waals surface area contributed by atoms with E-state index in [9.17, 15) is 5.11 Å². The van der Waals surface area contributed by atoms with Crippen LogP contribution in [0.1, 0.15) is 38.5 Å². The third-order valence-electron chi connectivity index (χ3n) is 2.45. The Kier molecular flexibility index (Phi) is 3.54. The average molecular weight is 166 g/mol. The molecule has 0 aromatic carbocycles. The van der Waals surface area contributed by atoms with Crippen molar-refractivity contribution in [2.24, 2.45) is 0 Å². The van der Waals surface area contributed by atoms with E-state index >= 15 is 0 Å². The minimum absolute atomic E-state index is 0.499. The van der Waals surface area contributed by atoms with Gasteiger partial charge in [-0.25, -0.2) is 0 Å². The molecule has 0 bridgehead atoms. The van der Waals surface area contributed by atoms with Gasteiger partial charge in [-0.3, -0.25) is 0 Å². The van der Waals surface area contributed by atoms with Gasteiger partial charge in [0.25, 0.3) is 0 Å². The number of rotatable bonds is 3. The molecule has 0 heterocycles. The molecule has 12 heavy (non-hydrogen) atoms. The molecule has 0 saturated heterocycles. The molecule has 1 aliphatic rings. The van der Waals surface area contributed by atoms with Crippen LogP contribution in [0.3, 0.4) is 0 Å². The molecule has 68 valence electrons. The highest BCUT2D eigenvalue weighted by atomic mass is 16.3. The zero-order valence-corrected chi connectivity index (χ0v) is 7.63. The maximum absolute atomic E-state index is 9.98. The normalized spacial score (nSPS) is 22.8. The van der Waals surface area contributed by atoms with Crippen LogP contribution in [-0.4, -0.2) is 10.7 Å². The van der Waals surface area contributed by atoms with Crippen molar-refractivity contribution in [2.45, 2.75) is 44.1 Å². The standard InChI is InChI=1S/C11H18O/c1-2-3-5-8-11(12)9-6-4-7-10-11/h2,5,8,12H,1,3-4,6-7,9-10H2/b8-5-. The summed E-state index contributed by atoms with van der Waals surface area (Å²) in [6, 6.07) is 0. The summed E-state index contributed by atoms with van der Waals surface area (Å²) in [7, 11) is 0. The van der Waals surface area contributed by atoms with Crippen molar-refractivity contribution < 1.29 is 5.11 Å². The van der Waals surface area contributed by atoms with Gasteiger partial charge in [-0.1, -0.05) is 37.5 Å². The smallest absolute Gasteiger partial charge is 0.0827 e. The third-order valence-corrected chi connectivity index (χ3v) is 2.45. The lowest BCUT2D eigenvalue weighted by molar-refractivity contribution is 0.0511. The van der Waals surface area contributed by atoms with Gasteiger partial charge in [-0.2, -0.15) is 0 Å². The van der Waals surface area contributed by atoms with Gasteiger partial charge >= 0.3 is 0 Å². The van der Waals surface area contributed by atoms with E-state index in [1.807, 2.05) is 18.2 Å². The summed E-state index contributed by atoms with van der Waals surface area (Å²) >= 11 is 0. The number of aliphatic hydroxyl groups is 1. The van der Waals surface area contributed by atoms with Crippen molar-refractivity contribution in [2.75, 3.05) is 0 Å². The summed E-state index contributed by atoms with van der Waals surface area (Å²) < 4.78 is 0. The van der Waals surface area contributed by atoms with E-state index in [-0.39, 0.29) is 0 Å². The molecule has 1 rings (SSSR count). The van der Waals surface area contributed by atoms with Crippen molar-refractivity contribution in [3.05, 3.63) is 24.8 Å². The SMILES string of the molecule is C=CC/C=C\C1(O)CCCCC1. The fraction of sp³-hybridized carbons (Fsp3) is 0.636. The van der Waals surface area contributed by atoms with Gasteiger partial charge in [-0.05, 0) is 19.3 Å². The molecular weight excluding hydrogens is 148 g/mol. The van der Waals surface area contributed by atoms with Gasteiger partial charge in [0.05, 0.1) is 5.60 Å². The number of hydrogen-bond acceptors (Lipinski definition) is 1. The lowest BCUT2D eigenvalue weighted by Gasteiger charge is -2.28. The Balaban J connectivity index is 2.40. The second kappa shape index (κ2) is 4.46. The first-order valence-electron chi connectivity index (χ1n) is 4.78. The molecule has 1 aliphatic carbocycles. The van der Waals surface area contributed by atoms with Crippen LogP contribution in [0.4, 0.5) is 0 Å². The van der Waals surface area contributed by atoms with Gasteiger partial charge in [0, 0.05) is 0 Å². The minimum atomic E-state index is -0.499. The highest BCUT2D eigenvalue weighted by Crippen LogP contribution is 2.29. The van der Waals surface area contributed by atoms with Crippen molar-refractivity contribution in [1.29, 1.82) is 0 Å². The molecular formula is C11H18O. The first kappa shape index (κ1) is 9.53. The molecule has 0 aromatic heterocycles. The predicted octanol–water partition coefficient (Wildman–Crippen LogP) is 2.81. The summed E-state index contributed by atoms with van der Waals surface area (Å²) in [5.74, 6) is 0. The molecule has 0 unspecified atom stereocenters. The Morgan fingerprint density at radius 1 is 1.25 bits per heavy atom. The first-order valence-corrected chi connectivity index (χ1v) is 4.78. The topological polar surface area (TPSA) is 20.2 Å². The van der Waals surface area contributed by atoms with Crippen molar-refractivity contribution in [1.82, 2.24) is 0 Å². The Morgan fingerprint density at radius 2 is 1.92 bits per heavy atom. The monoisotopic (exact) mass is 166 g/mol. The molecule has 0 atom stereocenters. The van der Waals surface area contributed by atoms with E-state index in [1.54, 1.807) is 0 Å². The fourth-order valence-electron chi connectivity index (χ4n) is 1.71. The van der Waals surface area contributed by atoms with E-state index in [4.69, 9.17) is 0 Å². The Labute approximate surface area is 74.8 Å². The summed E-state index contributed by atoms with van der Waals surface area (Å²) in [6.45, 7) is 3.63. The average Bonchev–Trinajstić information content (AvgIpc) is 2.06. The zero-order chi connectivity index (χ0) is 8.86. The van der Waals surface area contributed by atoms with E-state index < -0.39 is 5.60 Å². The van der Waals surface area contributed by atoms with Crippen LogP contribution in [0.25, 0.3) is 0 Å². The van der Waals surface area contributed by atoms with Gasteiger partial charge in [0.2, 0.25) is 0 Å². The van der Waals surface area contributed by atoms with Crippen LogP contribution >= 0.6 is 0 Å². The molecule has 1 fully saturated rings. The first-order chi connectivity index (χ1) is 5.77. The summed E-state index contributed by atoms with van der Waals surface area (Å²) in [6.07, 6.45) is 12.1. The Bertz CT molecular complexity index is 164. The van der Waals surface area contributed by atoms with E-state index in [2.05, 4.69) is 6.58 Å². The van der Waals surface area contributed by atoms with Crippen LogP contribution in [0, 0.1) is 0 Å². The highest BCUT2D eigenvalue weighted by Gasteiger charge is 2.25. The van der Waals surface area contributed by atoms with E-state index in [0.717, 1.165) is 32.1 Å². The largest absolute Gasteiger partial charge is 0.386 e. The quantitative estimate of drug-likeness (QED) is 0.639. The number of hydrogen-bond donors (Lipinski definition) is 1.